The van der Waals surface area contributed by atoms with Gasteiger partial charge in [-0.15, -0.1) is 0 Å². The minimum absolute atomic E-state index is 0.282. The van der Waals surface area contributed by atoms with Gasteiger partial charge in [-0.1, -0.05) is 6.07 Å². The van der Waals surface area contributed by atoms with Crippen molar-refractivity contribution in [3.05, 3.63) is 61.7 Å². The number of aromatic nitrogens is 2. The average molecular weight is 359 g/mol. The lowest BCUT2D eigenvalue weighted by atomic mass is 10.1. The SMILES string of the molecule is Cc1ccc2nsnc2c1NC(=O)c1ccc([N+](=O)[O-])cc1[N+](=O)[O-]. The Hall–Kier alpha value is -3.47. The Morgan fingerprint density at radius 2 is 1.88 bits per heavy atom. The summed E-state index contributed by atoms with van der Waals surface area (Å²) in [6.07, 6.45) is 0. The monoisotopic (exact) mass is 359 g/mol. The third-order valence-corrected chi connectivity index (χ3v) is 4.05. The van der Waals surface area contributed by atoms with E-state index in [0.29, 0.717) is 22.3 Å². The maximum Gasteiger partial charge on any atom is 0.289 e. The van der Waals surface area contributed by atoms with Crippen LogP contribution in [0, 0.1) is 27.2 Å². The fourth-order valence-electron chi connectivity index (χ4n) is 2.27. The van der Waals surface area contributed by atoms with E-state index in [9.17, 15) is 25.0 Å². The molecular formula is C14H9N5O5S. The number of amides is 1. The van der Waals surface area contributed by atoms with Gasteiger partial charge in [-0.25, -0.2) is 0 Å². The molecule has 126 valence electrons. The van der Waals surface area contributed by atoms with Gasteiger partial charge in [0.1, 0.15) is 16.6 Å². The molecule has 2 aromatic carbocycles. The topological polar surface area (TPSA) is 141 Å². The van der Waals surface area contributed by atoms with Crippen LogP contribution in [0.4, 0.5) is 17.1 Å². The molecule has 0 aliphatic carbocycles. The van der Waals surface area contributed by atoms with Crippen molar-refractivity contribution in [2.75, 3.05) is 5.32 Å². The molecule has 0 aliphatic rings. The van der Waals surface area contributed by atoms with E-state index in [1.165, 1.54) is 0 Å². The highest BCUT2D eigenvalue weighted by atomic mass is 32.1. The lowest BCUT2D eigenvalue weighted by Crippen LogP contribution is -2.15. The van der Waals surface area contributed by atoms with Gasteiger partial charge in [0.05, 0.1) is 33.3 Å². The van der Waals surface area contributed by atoms with E-state index in [2.05, 4.69) is 14.1 Å². The molecule has 25 heavy (non-hydrogen) atoms. The maximum atomic E-state index is 12.5. The van der Waals surface area contributed by atoms with E-state index < -0.39 is 27.1 Å². The van der Waals surface area contributed by atoms with Crippen LogP contribution < -0.4 is 5.32 Å². The Bertz CT molecular complexity index is 1030. The van der Waals surface area contributed by atoms with Gasteiger partial charge in [-0.2, -0.15) is 8.75 Å². The quantitative estimate of drug-likeness (QED) is 0.557. The number of nitrogens with zero attached hydrogens (tertiary/aromatic N) is 4. The normalized spacial score (nSPS) is 10.6. The van der Waals surface area contributed by atoms with Crippen LogP contribution in [0.1, 0.15) is 15.9 Å². The van der Waals surface area contributed by atoms with Gasteiger partial charge in [0.15, 0.2) is 0 Å². The number of nitro benzene ring substituents is 2. The zero-order chi connectivity index (χ0) is 18.1. The molecule has 11 heteroatoms. The molecule has 0 aliphatic heterocycles. The highest BCUT2D eigenvalue weighted by Gasteiger charge is 2.25. The predicted octanol–water partition coefficient (Wildman–Crippen LogP) is 3.07. The van der Waals surface area contributed by atoms with Gasteiger partial charge in [0, 0.05) is 6.07 Å². The van der Waals surface area contributed by atoms with Crippen LogP contribution in [-0.4, -0.2) is 24.5 Å². The molecule has 0 radical (unpaired) electrons. The van der Waals surface area contributed by atoms with Crippen molar-refractivity contribution < 1.29 is 14.6 Å². The highest BCUT2D eigenvalue weighted by molar-refractivity contribution is 7.00. The van der Waals surface area contributed by atoms with E-state index in [-0.39, 0.29) is 5.56 Å². The van der Waals surface area contributed by atoms with Crippen LogP contribution in [0.2, 0.25) is 0 Å². The van der Waals surface area contributed by atoms with Crippen LogP contribution in [0.15, 0.2) is 30.3 Å². The average Bonchev–Trinajstić information content (AvgIpc) is 3.05. The standard InChI is InChI=1S/C14H9N5O5S/c1-7-2-5-10-13(17-25-16-10)12(7)15-14(20)9-4-3-8(18(21)22)6-11(9)19(23)24/h2-6H,1H3,(H,15,20). The summed E-state index contributed by atoms with van der Waals surface area (Å²) in [5, 5.41) is 24.5. The molecule has 1 aromatic heterocycles. The minimum atomic E-state index is -0.834. The summed E-state index contributed by atoms with van der Waals surface area (Å²) >= 11 is 0.977. The number of carbonyl (C=O) groups is 1. The van der Waals surface area contributed by atoms with Crippen molar-refractivity contribution in [1.82, 2.24) is 8.75 Å². The smallest absolute Gasteiger partial charge is 0.289 e. The number of rotatable bonds is 4. The number of carbonyl (C=O) groups excluding carboxylic acids is 1. The van der Waals surface area contributed by atoms with Gasteiger partial charge in [-0.05, 0) is 24.6 Å². The Morgan fingerprint density at radius 1 is 1.12 bits per heavy atom. The lowest BCUT2D eigenvalue weighted by Gasteiger charge is -2.09. The van der Waals surface area contributed by atoms with E-state index in [1.807, 2.05) is 0 Å². The first-order valence-electron chi connectivity index (χ1n) is 6.84. The number of nitro groups is 2. The summed E-state index contributed by atoms with van der Waals surface area (Å²) in [7, 11) is 0. The van der Waals surface area contributed by atoms with E-state index in [0.717, 1.165) is 29.9 Å². The molecule has 0 unspecified atom stereocenters. The number of hydrogen-bond donors (Lipinski definition) is 1. The minimum Gasteiger partial charge on any atom is -0.320 e. The number of nitrogens with one attached hydrogen (secondary N) is 1. The molecule has 0 bridgehead atoms. The second kappa shape index (κ2) is 6.20. The molecule has 10 nitrogen and oxygen atoms in total. The maximum absolute atomic E-state index is 12.5. The van der Waals surface area contributed by atoms with Crippen molar-refractivity contribution in [2.45, 2.75) is 6.92 Å². The summed E-state index contributed by atoms with van der Waals surface area (Å²) < 4.78 is 8.19. The zero-order valence-corrected chi connectivity index (χ0v) is 13.4. The van der Waals surface area contributed by atoms with Crippen LogP contribution >= 0.6 is 11.7 Å². The molecule has 0 saturated carbocycles. The summed E-state index contributed by atoms with van der Waals surface area (Å²) in [5.41, 5.74) is 0.766. The molecule has 0 saturated heterocycles. The first-order valence-corrected chi connectivity index (χ1v) is 7.57. The van der Waals surface area contributed by atoms with Crippen LogP contribution in [0.25, 0.3) is 11.0 Å². The molecule has 3 rings (SSSR count). The molecule has 3 aromatic rings. The number of fused-ring (bicyclic) bond motifs is 1. The molecule has 0 atom stereocenters. The molecule has 1 amide bonds. The number of anilines is 1. The Balaban J connectivity index is 2.04. The first-order chi connectivity index (χ1) is 11.9. The molecule has 1 heterocycles. The summed E-state index contributed by atoms with van der Waals surface area (Å²) in [6, 6.07) is 6.34. The fourth-order valence-corrected chi connectivity index (χ4v) is 2.81. The van der Waals surface area contributed by atoms with Gasteiger partial charge in [0.25, 0.3) is 17.3 Å². The Labute approximate surface area is 143 Å². The van der Waals surface area contributed by atoms with Crippen molar-refractivity contribution in [1.29, 1.82) is 0 Å². The number of non-ortho nitro benzene ring substituents is 1. The number of aryl methyl sites for hydroxylation is 1. The molecule has 0 fully saturated rings. The van der Waals surface area contributed by atoms with Gasteiger partial charge >= 0.3 is 0 Å². The van der Waals surface area contributed by atoms with Crippen LogP contribution in [-0.2, 0) is 0 Å². The first kappa shape index (κ1) is 16.4. The second-order valence-corrected chi connectivity index (χ2v) is 5.59. The van der Waals surface area contributed by atoms with Crippen molar-refractivity contribution in [3.63, 3.8) is 0 Å². The van der Waals surface area contributed by atoms with Crippen molar-refractivity contribution in [2.24, 2.45) is 0 Å². The molecule has 0 spiro atoms. The second-order valence-electron chi connectivity index (χ2n) is 5.06. The highest BCUT2D eigenvalue weighted by Crippen LogP contribution is 2.29. The Kier molecular flexibility index (Phi) is 4.07. The fraction of sp³-hybridized carbons (Fsp3) is 0.0714. The van der Waals surface area contributed by atoms with Crippen LogP contribution in [0.5, 0.6) is 0 Å². The van der Waals surface area contributed by atoms with E-state index >= 15 is 0 Å². The predicted molar refractivity (Wildman–Crippen MR) is 89.9 cm³/mol. The van der Waals surface area contributed by atoms with E-state index in [4.69, 9.17) is 0 Å². The van der Waals surface area contributed by atoms with Gasteiger partial charge < -0.3 is 5.32 Å². The number of benzene rings is 2. The lowest BCUT2D eigenvalue weighted by molar-refractivity contribution is -0.394. The van der Waals surface area contributed by atoms with Gasteiger partial charge in [0.2, 0.25) is 0 Å². The summed E-state index contributed by atoms with van der Waals surface area (Å²) in [5.74, 6) is -0.759. The zero-order valence-electron chi connectivity index (χ0n) is 12.6. The molecule has 1 N–H and O–H groups in total. The summed E-state index contributed by atoms with van der Waals surface area (Å²) in [4.78, 5) is 32.9. The van der Waals surface area contributed by atoms with Gasteiger partial charge in [-0.3, -0.25) is 25.0 Å². The third kappa shape index (κ3) is 2.99. The van der Waals surface area contributed by atoms with Crippen molar-refractivity contribution in [3.8, 4) is 0 Å². The van der Waals surface area contributed by atoms with Crippen molar-refractivity contribution >= 4 is 45.7 Å². The van der Waals surface area contributed by atoms with Crippen LogP contribution in [0.3, 0.4) is 0 Å². The Morgan fingerprint density at radius 3 is 2.56 bits per heavy atom. The largest absolute Gasteiger partial charge is 0.320 e. The molecular weight excluding hydrogens is 350 g/mol. The number of hydrogen-bond acceptors (Lipinski definition) is 8. The summed E-state index contributed by atoms with van der Waals surface area (Å²) in [6.45, 7) is 1.75. The third-order valence-electron chi connectivity index (χ3n) is 3.51. The van der Waals surface area contributed by atoms with E-state index in [1.54, 1.807) is 19.1 Å².